The van der Waals surface area contributed by atoms with Crippen molar-refractivity contribution in [2.45, 2.75) is 71.4 Å². The predicted molar refractivity (Wildman–Crippen MR) is 113 cm³/mol. The molecule has 7 atom stereocenters. The van der Waals surface area contributed by atoms with Crippen LogP contribution in [-0.4, -0.2) is 93.8 Å². The van der Waals surface area contributed by atoms with Crippen molar-refractivity contribution in [3.63, 3.8) is 0 Å². The molecule has 8 heteroatoms. The molecule has 7 unspecified atom stereocenters. The van der Waals surface area contributed by atoms with Gasteiger partial charge in [0, 0.05) is 13.0 Å². The average molecular weight is 435 g/mol. The van der Waals surface area contributed by atoms with E-state index in [9.17, 15) is 10.2 Å². The van der Waals surface area contributed by atoms with E-state index in [1.165, 1.54) is 0 Å². The second-order valence-corrected chi connectivity index (χ2v) is 8.98. The van der Waals surface area contributed by atoms with Crippen molar-refractivity contribution in [3.8, 4) is 0 Å². The van der Waals surface area contributed by atoms with Crippen LogP contribution in [-0.2, 0) is 28.4 Å². The van der Waals surface area contributed by atoms with Gasteiger partial charge in [-0.1, -0.05) is 26.8 Å². The Kier molecular flexibility index (Phi) is 12.6. The van der Waals surface area contributed by atoms with Gasteiger partial charge in [-0.2, -0.15) is 0 Å². The molecule has 1 aliphatic heterocycles. The maximum Gasteiger partial charge on any atom is 0.185 e. The topological polar surface area (TPSA) is 95.8 Å². The smallest absolute Gasteiger partial charge is 0.185 e. The van der Waals surface area contributed by atoms with Gasteiger partial charge < -0.3 is 38.6 Å². The molecule has 1 aliphatic rings. The molecule has 0 aliphatic carbocycles. The van der Waals surface area contributed by atoms with Gasteiger partial charge in [0.2, 0.25) is 0 Å². The highest BCUT2D eigenvalue weighted by atomic mass is 16.7. The number of hydrogen-bond donors (Lipinski definition) is 2. The van der Waals surface area contributed by atoms with Crippen LogP contribution < -0.4 is 0 Å². The van der Waals surface area contributed by atoms with E-state index < -0.39 is 24.6 Å². The summed E-state index contributed by atoms with van der Waals surface area (Å²) in [5, 5.41) is 19.6. The van der Waals surface area contributed by atoms with Crippen molar-refractivity contribution < 1.29 is 38.6 Å². The van der Waals surface area contributed by atoms with E-state index in [2.05, 4.69) is 27.4 Å². The molecule has 1 heterocycles. The lowest BCUT2D eigenvalue weighted by Crippen LogP contribution is -2.57. The standard InChI is InChI=1S/C22H42O8/c1-8-9-26-12-17(24)13-27-16(3)11-29-20-19(28-10-15(2)23)18(22(4,5)6)14-30-21(20)25-7/h8,15-21,23-24H,1,9-14H2,2-7H3. The lowest BCUT2D eigenvalue weighted by molar-refractivity contribution is -0.287. The lowest BCUT2D eigenvalue weighted by Gasteiger charge is -2.46. The summed E-state index contributed by atoms with van der Waals surface area (Å²) in [7, 11) is 1.57. The van der Waals surface area contributed by atoms with Crippen LogP contribution in [0, 0.1) is 11.3 Å². The van der Waals surface area contributed by atoms with E-state index >= 15 is 0 Å². The molecule has 0 saturated carbocycles. The van der Waals surface area contributed by atoms with Crippen LogP contribution in [0.1, 0.15) is 34.6 Å². The molecule has 2 N–H and O–H groups in total. The first-order valence-corrected chi connectivity index (χ1v) is 10.6. The van der Waals surface area contributed by atoms with E-state index in [4.69, 9.17) is 28.4 Å². The van der Waals surface area contributed by atoms with E-state index in [-0.39, 0.29) is 50.0 Å². The van der Waals surface area contributed by atoms with Gasteiger partial charge in [0.15, 0.2) is 6.29 Å². The van der Waals surface area contributed by atoms with E-state index in [1.54, 1.807) is 20.1 Å². The molecule has 0 spiro atoms. The number of aliphatic hydroxyl groups excluding tert-OH is 2. The zero-order valence-electron chi connectivity index (χ0n) is 19.4. The molecule has 1 fully saturated rings. The minimum atomic E-state index is -0.718. The predicted octanol–water partition coefficient (Wildman–Crippen LogP) is 1.77. The zero-order valence-corrected chi connectivity index (χ0v) is 19.4. The van der Waals surface area contributed by atoms with Gasteiger partial charge in [-0.05, 0) is 19.3 Å². The molecule has 0 aromatic carbocycles. The highest BCUT2D eigenvalue weighted by Gasteiger charge is 2.47. The van der Waals surface area contributed by atoms with E-state index in [1.807, 2.05) is 6.92 Å². The summed E-state index contributed by atoms with van der Waals surface area (Å²) in [6.07, 6.45) is -1.28. The zero-order chi connectivity index (χ0) is 22.7. The summed E-state index contributed by atoms with van der Waals surface area (Å²) in [6, 6.07) is 0. The number of methoxy groups -OCH3 is 1. The van der Waals surface area contributed by atoms with Gasteiger partial charge in [0.05, 0.1) is 58.0 Å². The van der Waals surface area contributed by atoms with Crippen LogP contribution >= 0.6 is 0 Å². The van der Waals surface area contributed by atoms with Gasteiger partial charge in [-0.3, -0.25) is 0 Å². The van der Waals surface area contributed by atoms with Crippen LogP contribution in [0.3, 0.4) is 0 Å². The Balaban J connectivity index is 2.68. The molecule has 30 heavy (non-hydrogen) atoms. The summed E-state index contributed by atoms with van der Waals surface area (Å²) in [6.45, 7) is 15.2. The SMILES string of the molecule is C=CCOCC(O)COC(C)COC1C(OC)OCC(C(C)(C)C)C1OCC(C)O. The van der Waals surface area contributed by atoms with Crippen LogP contribution in [0.25, 0.3) is 0 Å². The third-order valence-corrected chi connectivity index (χ3v) is 4.95. The fourth-order valence-electron chi connectivity index (χ4n) is 3.26. The van der Waals surface area contributed by atoms with Crippen molar-refractivity contribution in [3.05, 3.63) is 12.7 Å². The number of hydrogen-bond acceptors (Lipinski definition) is 8. The molecule has 0 aromatic rings. The summed E-state index contributed by atoms with van der Waals surface area (Å²) in [5.41, 5.74) is -0.0820. The Bertz CT molecular complexity index is 465. The number of ether oxygens (including phenoxy) is 6. The normalized spacial score (nSPS) is 28.1. The molecule has 8 nitrogen and oxygen atoms in total. The summed E-state index contributed by atoms with van der Waals surface area (Å²) >= 11 is 0. The highest BCUT2D eigenvalue weighted by molar-refractivity contribution is 4.92. The van der Waals surface area contributed by atoms with Crippen LogP contribution in [0.2, 0.25) is 0 Å². The molecule has 0 bridgehead atoms. The third kappa shape index (κ3) is 9.70. The first-order valence-electron chi connectivity index (χ1n) is 10.6. The van der Waals surface area contributed by atoms with Crippen molar-refractivity contribution in [1.29, 1.82) is 0 Å². The second kappa shape index (κ2) is 13.8. The Labute approximate surface area is 181 Å². The largest absolute Gasteiger partial charge is 0.391 e. The Morgan fingerprint density at radius 3 is 2.30 bits per heavy atom. The number of rotatable bonds is 14. The first kappa shape index (κ1) is 27.5. The Hall–Kier alpha value is -0.580. The lowest BCUT2D eigenvalue weighted by atomic mass is 9.75. The Morgan fingerprint density at radius 1 is 1.07 bits per heavy atom. The Morgan fingerprint density at radius 2 is 1.73 bits per heavy atom. The average Bonchev–Trinajstić information content (AvgIpc) is 2.68. The van der Waals surface area contributed by atoms with Gasteiger partial charge >= 0.3 is 0 Å². The van der Waals surface area contributed by atoms with Gasteiger partial charge in [0.25, 0.3) is 0 Å². The fourth-order valence-corrected chi connectivity index (χ4v) is 3.26. The molecule has 1 rings (SSSR count). The molecular formula is C22H42O8. The maximum atomic E-state index is 9.90. The van der Waals surface area contributed by atoms with Crippen LogP contribution in [0.4, 0.5) is 0 Å². The van der Waals surface area contributed by atoms with Crippen molar-refractivity contribution in [2.75, 3.05) is 46.8 Å². The number of aliphatic hydroxyl groups is 2. The monoisotopic (exact) mass is 434 g/mol. The molecule has 0 amide bonds. The molecule has 0 aromatic heterocycles. The molecule has 0 radical (unpaired) electrons. The second-order valence-electron chi connectivity index (χ2n) is 8.98. The molecule has 178 valence electrons. The van der Waals surface area contributed by atoms with Crippen molar-refractivity contribution in [2.24, 2.45) is 11.3 Å². The summed E-state index contributed by atoms with van der Waals surface area (Å²) in [5.74, 6) is 0.0627. The summed E-state index contributed by atoms with van der Waals surface area (Å²) < 4.78 is 34.5. The minimum Gasteiger partial charge on any atom is -0.391 e. The van der Waals surface area contributed by atoms with Gasteiger partial charge in [-0.25, -0.2) is 0 Å². The first-order chi connectivity index (χ1) is 14.1. The van der Waals surface area contributed by atoms with Crippen LogP contribution in [0.5, 0.6) is 0 Å². The maximum absolute atomic E-state index is 9.90. The third-order valence-electron chi connectivity index (χ3n) is 4.95. The van der Waals surface area contributed by atoms with Crippen molar-refractivity contribution >= 4 is 0 Å². The van der Waals surface area contributed by atoms with E-state index in [0.29, 0.717) is 13.2 Å². The van der Waals surface area contributed by atoms with Crippen LogP contribution in [0.15, 0.2) is 12.7 Å². The quantitative estimate of drug-likeness (QED) is 0.315. The molecular weight excluding hydrogens is 392 g/mol. The van der Waals surface area contributed by atoms with Gasteiger partial charge in [-0.15, -0.1) is 6.58 Å². The summed E-state index contributed by atoms with van der Waals surface area (Å²) in [4.78, 5) is 0. The van der Waals surface area contributed by atoms with Gasteiger partial charge in [0.1, 0.15) is 12.2 Å². The fraction of sp³-hybridized carbons (Fsp3) is 0.909. The van der Waals surface area contributed by atoms with Crippen molar-refractivity contribution in [1.82, 2.24) is 0 Å². The minimum absolute atomic E-state index is 0.0627. The molecule has 1 saturated heterocycles. The van der Waals surface area contributed by atoms with E-state index in [0.717, 1.165) is 0 Å². The highest BCUT2D eigenvalue weighted by Crippen LogP contribution is 2.37.